The number of ether oxygens (including phenoxy) is 1. The molecule has 1 heterocycles. The number of nitrogens with zero attached hydrogens (tertiary/aromatic N) is 3. The summed E-state index contributed by atoms with van der Waals surface area (Å²) in [5, 5.41) is 0. The molecular weight excluding hydrogens is 332 g/mol. The first kappa shape index (κ1) is 19.6. The summed E-state index contributed by atoms with van der Waals surface area (Å²) in [4.78, 5) is 34.9. The quantitative estimate of drug-likeness (QED) is 0.626. The fraction of sp³-hybridized carbons (Fsp3) is 0.474. The summed E-state index contributed by atoms with van der Waals surface area (Å²) in [6, 6.07) is 0. The smallest absolute Gasteiger partial charge is 0.329 e. The summed E-state index contributed by atoms with van der Waals surface area (Å²) in [6.45, 7) is 11.3. The Kier molecular flexibility index (Phi) is 6.49. The van der Waals surface area contributed by atoms with Gasteiger partial charge >= 0.3 is 5.69 Å². The van der Waals surface area contributed by atoms with E-state index < -0.39 is 11.2 Å². The molecule has 0 aromatic carbocycles. The number of aromatic amines is 1. The maximum Gasteiger partial charge on any atom is 0.329 e. The molecular formula is C19H26N4O3. The van der Waals surface area contributed by atoms with E-state index >= 15 is 0 Å². The molecule has 1 saturated carbocycles. The van der Waals surface area contributed by atoms with Gasteiger partial charge in [-0.1, -0.05) is 6.58 Å². The summed E-state index contributed by atoms with van der Waals surface area (Å²) in [6.07, 6.45) is 6.76. The van der Waals surface area contributed by atoms with E-state index in [9.17, 15) is 9.59 Å². The van der Waals surface area contributed by atoms with Crippen molar-refractivity contribution < 1.29 is 4.74 Å². The van der Waals surface area contributed by atoms with Gasteiger partial charge in [0.15, 0.2) is 0 Å². The van der Waals surface area contributed by atoms with E-state index in [0.29, 0.717) is 29.5 Å². The maximum absolute atomic E-state index is 12.0. The Balaban J connectivity index is 2.32. The normalized spacial score (nSPS) is 16.4. The first-order valence-corrected chi connectivity index (χ1v) is 8.80. The molecule has 7 nitrogen and oxygen atoms in total. The van der Waals surface area contributed by atoms with Gasteiger partial charge in [0, 0.05) is 18.5 Å². The third kappa shape index (κ3) is 4.47. The van der Waals surface area contributed by atoms with Gasteiger partial charge in [-0.3, -0.25) is 14.3 Å². The zero-order valence-corrected chi connectivity index (χ0v) is 15.8. The summed E-state index contributed by atoms with van der Waals surface area (Å²) in [5.41, 5.74) is 0.987. The Morgan fingerprint density at radius 1 is 1.38 bits per heavy atom. The van der Waals surface area contributed by atoms with Crippen molar-refractivity contribution in [2.45, 2.75) is 59.6 Å². The van der Waals surface area contributed by atoms with Gasteiger partial charge in [0.05, 0.1) is 5.56 Å². The van der Waals surface area contributed by atoms with Gasteiger partial charge in [0.1, 0.15) is 11.9 Å². The van der Waals surface area contributed by atoms with Crippen LogP contribution in [0.4, 0.5) is 5.82 Å². The van der Waals surface area contributed by atoms with Crippen LogP contribution in [-0.4, -0.2) is 27.3 Å². The minimum atomic E-state index is -0.461. The highest BCUT2D eigenvalue weighted by atomic mass is 16.5. The Morgan fingerprint density at radius 2 is 2.08 bits per heavy atom. The zero-order chi connectivity index (χ0) is 19.3. The maximum atomic E-state index is 12.0. The second-order valence-electron chi connectivity index (χ2n) is 6.30. The van der Waals surface area contributed by atoms with Crippen LogP contribution >= 0.6 is 0 Å². The van der Waals surface area contributed by atoms with E-state index in [1.165, 1.54) is 11.0 Å². The Morgan fingerprint density at radius 3 is 2.62 bits per heavy atom. The van der Waals surface area contributed by atoms with Gasteiger partial charge in [-0.05, 0) is 58.6 Å². The third-order valence-electron chi connectivity index (χ3n) is 4.46. The minimum absolute atomic E-state index is 0.230. The van der Waals surface area contributed by atoms with Crippen LogP contribution < -0.4 is 11.2 Å². The molecule has 1 aliphatic carbocycles. The molecule has 2 rings (SSSR count). The van der Waals surface area contributed by atoms with Crippen LogP contribution in [0, 0.1) is 6.92 Å². The molecule has 1 aliphatic rings. The number of nitrogens with one attached hydrogen (secondary N) is 1. The van der Waals surface area contributed by atoms with Crippen LogP contribution in [0.2, 0.25) is 0 Å². The van der Waals surface area contributed by atoms with Crippen LogP contribution in [0.3, 0.4) is 0 Å². The van der Waals surface area contributed by atoms with Crippen molar-refractivity contribution in [1.29, 1.82) is 0 Å². The molecule has 140 valence electrons. The first-order chi connectivity index (χ1) is 12.4. The Bertz CT molecular complexity index is 883. The van der Waals surface area contributed by atoms with Crippen molar-refractivity contribution in [3.63, 3.8) is 0 Å². The number of H-pyrrole nitrogens is 1. The second kappa shape index (κ2) is 8.60. The van der Waals surface area contributed by atoms with Crippen molar-refractivity contribution in [3.8, 4) is 0 Å². The number of aromatic nitrogens is 2. The molecule has 0 bridgehead atoms. The third-order valence-corrected chi connectivity index (χ3v) is 4.46. The number of rotatable bonds is 6. The van der Waals surface area contributed by atoms with Crippen molar-refractivity contribution in [1.82, 2.24) is 9.55 Å². The average molecular weight is 358 g/mol. The largest absolute Gasteiger partial charge is 0.474 e. The summed E-state index contributed by atoms with van der Waals surface area (Å²) >= 11 is 0. The van der Waals surface area contributed by atoms with E-state index in [-0.39, 0.29) is 6.10 Å². The highest BCUT2D eigenvalue weighted by Gasteiger charge is 2.19. The fourth-order valence-corrected chi connectivity index (χ4v) is 2.39. The van der Waals surface area contributed by atoms with E-state index in [1.54, 1.807) is 19.2 Å². The molecule has 0 unspecified atom stereocenters. The molecule has 1 N–H and O–H groups in total. The summed E-state index contributed by atoms with van der Waals surface area (Å²) in [7, 11) is 0. The fourth-order valence-electron chi connectivity index (χ4n) is 2.39. The molecule has 7 heteroatoms. The molecule has 0 aliphatic heterocycles. The van der Waals surface area contributed by atoms with Gasteiger partial charge < -0.3 is 4.74 Å². The van der Waals surface area contributed by atoms with Crippen LogP contribution in [0.1, 0.15) is 45.6 Å². The molecule has 0 radical (unpaired) electrons. The number of allylic oxidation sites excluding steroid dienone is 1. The first-order valence-electron chi connectivity index (χ1n) is 8.80. The molecule has 1 aromatic rings. The van der Waals surface area contributed by atoms with E-state index in [4.69, 9.17) is 4.74 Å². The lowest BCUT2D eigenvalue weighted by Crippen LogP contribution is -2.31. The van der Waals surface area contributed by atoms with Gasteiger partial charge in [-0.15, -0.1) is 0 Å². The molecule has 0 amide bonds. The predicted molar refractivity (Wildman–Crippen MR) is 105 cm³/mol. The molecule has 1 fully saturated rings. The standard InChI is InChI=1S/C19H26N4O3/c1-6-16(26-15-9-8-10-15)20-11-12(3)14(5)21-17-13(4)18(24)22-19(25)23(17)7-2/h6,11,15H,1,7-10H2,2-5H3,(H,22,24,25)/b12-11+,20-16+,21-14+. The van der Waals surface area contributed by atoms with E-state index in [2.05, 4.69) is 21.5 Å². The number of hydrogen-bond donors (Lipinski definition) is 1. The van der Waals surface area contributed by atoms with Crippen molar-refractivity contribution in [2.75, 3.05) is 0 Å². The Hall–Kier alpha value is -2.70. The van der Waals surface area contributed by atoms with Crippen molar-refractivity contribution in [3.05, 3.63) is 50.8 Å². The summed E-state index contributed by atoms with van der Waals surface area (Å²) < 4.78 is 7.16. The van der Waals surface area contributed by atoms with Gasteiger partial charge in [-0.25, -0.2) is 14.8 Å². The van der Waals surface area contributed by atoms with Crippen LogP contribution in [0.25, 0.3) is 0 Å². The molecule has 1 aromatic heterocycles. The molecule has 0 spiro atoms. The summed E-state index contributed by atoms with van der Waals surface area (Å²) in [5.74, 6) is 0.852. The van der Waals surface area contributed by atoms with E-state index in [0.717, 1.165) is 18.4 Å². The highest BCUT2D eigenvalue weighted by molar-refractivity contribution is 5.99. The van der Waals surface area contributed by atoms with Crippen LogP contribution in [0.5, 0.6) is 0 Å². The van der Waals surface area contributed by atoms with Crippen LogP contribution in [-0.2, 0) is 11.3 Å². The average Bonchev–Trinajstić information content (AvgIpc) is 2.57. The van der Waals surface area contributed by atoms with Gasteiger partial charge in [-0.2, -0.15) is 0 Å². The lowest BCUT2D eigenvalue weighted by atomic mass is 9.96. The highest BCUT2D eigenvalue weighted by Crippen LogP contribution is 2.22. The number of hydrogen-bond acceptors (Lipinski definition) is 5. The minimum Gasteiger partial charge on any atom is -0.474 e. The zero-order valence-electron chi connectivity index (χ0n) is 15.8. The molecule has 0 atom stereocenters. The monoisotopic (exact) mass is 358 g/mol. The van der Waals surface area contributed by atoms with Crippen LogP contribution in [0.15, 0.2) is 44.0 Å². The van der Waals surface area contributed by atoms with Crippen molar-refractivity contribution in [2.24, 2.45) is 9.98 Å². The second-order valence-corrected chi connectivity index (χ2v) is 6.30. The topological polar surface area (TPSA) is 88.8 Å². The van der Waals surface area contributed by atoms with Gasteiger partial charge in [0.25, 0.3) is 5.56 Å². The molecule has 0 saturated heterocycles. The van der Waals surface area contributed by atoms with Gasteiger partial charge in [0.2, 0.25) is 5.90 Å². The Labute approximate surface area is 152 Å². The SMILES string of the molecule is C=C\C(=N/C=C(C)/C(C)=N/c1c(C)c(=O)[nH]c(=O)n1CC)OC1CCC1. The van der Waals surface area contributed by atoms with Crippen molar-refractivity contribution >= 4 is 17.4 Å². The lowest BCUT2D eigenvalue weighted by Gasteiger charge is -2.25. The lowest BCUT2D eigenvalue weighted by molar-refractivity contribution is 0.110. The molecule has 26 heavy (non-hydrogen) atoms. The predicted octanol–water partition coefficient (Wildman–Crippen LogP) is 3.01. The number of aliphatic imine (C=N–C) groups is 2. The van der Waals surface area contributed by atoms with E-state index in [1.807, 2.05) is 20.8 Å².